The second-order valence-electron chi connectivity index (χ2n) is 10.8. The molecule has 3 aromatic rings. The van der Waals surface area contributed by atoms with Crippen molar-refractivity contribution in [2.75, 3.05) is 17.4 Å². The molecule has 220 valence electrons. The second kappa shape index (κ2) is 14.0. The van der Waals surface area contributed by atoms with Crippen LogP contribution < -0.4 is 9.62 Å². The Morgan fingerprint density at radius 3 is 2.07 bits per heavy atom. The van der Waals surface area contributed by atoms with E-state index in [0.29, 0.717) is 23.7 Å². The van der Waals surface area contributed by atoms with Gasteiger partial charge in [-0.05, 0) is 74.6 Å². The van der Waals surface area contributed by atoms with E-state index in [1.54, 1.807) is 54.6 Å². The smallest absolute Gasteiger partial charge is 0.264 e. The van der Waals surface area contributed by atoms with Gasteiger partial charge in [0.15, 0.2) is 0 Å². The molecule has 7 nitrogen and oxygen atoms in total. The maximum absolute atomic E-state index is 14.2. The predicted molar refractivity (Wildman–Crippen MR) is 166 cm³/mol. The number of aryl methyl sites for hydroxylation is 3. The summed E-state index contributed by atoms with van der Waals surface area (Å²) in [6, 6.07) is 18.2. The lowest BCUT2D eigenvalue weighted by molar-refractivity contribution is -0.140. The van der Waals surface area contributed by atoms with Gasteiger partial charge in [0.05, 0.1) is 10.6 Å². The second-order valence-corrected chi connectivity index (χ2v) is 13.1. The van der Waals surface area contributed by atoms with Crippen molar-refractivity contribution in [2.24, 2.45) is 5.92 Å². The van der Waals surface area contributed by atoms with Crippen molar-refractivity contribution in [1.29, 1.82) is 0 Å². The molecule has 0 saturated heterocycles. The molecule has 0 spiro atoms. The number of hydrogen-bond acceptors (Lipinski definition) is 4. The number of sulfonamides is 1. The van der Waals surface area contributed by atoms with Gasteiger partial charge in [-0.2, -0.15) is 0 Å². The number of carbonyl (C=O) groups excluding carboxylic acids is 2. The Balaban J connectivity index is 2.07. The zero-order chi connectivity index (χ0) is 30.3. The number of rotatable bonds is 12. The molecule has 1 atom stereocenters. The fourth-order valence-corrected chi connectivity index (χ4v) is 6.17. The van der Waals surface area contributed by atoms with Crippen LogP contribution >= 0.6 is 11.6 Å². The fraction of sp³-hybridized carbons (Fsp3) is 0.375. The maximum atomic E-state index is 14.2. The maximum Gasteiger partial charge on any atom is 0.264 e. The van der Waals surface area contributed by atoms with Crippen LogP contribution in [0.4, 0.5) is 5.69 Å². The van der Waals surface area contributed by atoms with E-state index in [4.69, 9.17) is 11.6 Å². The Kier molecular flexibility index (Phi) is 11.0. The van der Waals surface area contributed by atoms with Crippen LogP contribution in [0, 0.1) is 26.7 Å². The Morgan fingerprint density at radius 2 is 1.51 bits per heavy atom. The zero-order valence-electron chi connectivity index (χ0n) is 24.6. The van der Waals surface area contributed by atoms with Crippen molar-refractivity contribution >= 4 is 39.1 Å². The molecule has 0 fully saturated rings. The molecule has 41 heavy (non-hydrogen) atoms. The average molecular weight is 598 g/mol. The Morgan fingerprint density at radius 1 is 0.902 bits per heavy atom. The molecule has 0 radical (unpaired) electrons. The Bertz CT molecular complexity index is 1460. The minimum absolute atomic E-state index is 0.0850. The van der Waals surface area contributed by atoms with E-state index >= 15 is 0 Å². The third-order valence-corrected chi connectivity index (χ3v) is 8.87. The molecule has 0 aliphatic rings. The summed E-state index contributed by atoms with van der Waals surface area (Å²) in [6.07, 6.45) is 0.359. The van der Waals surface area contributed by atoms with Gasteiger partial charge >= 0.3 is 0 Å². The first-order chi connectivity index (χ1) is 19.3. The van der Waals surface area contributed by atoms with Crippen molar-refractivity contribution in [2.45, 2.75) is 65.4 Å². The molecular formula is C32H40ClN3O4S. The molecule has 0 aliphatic heterocycles. The van der Waals surface area contributed by atoms with Crippen molar-refractivity contribution in [3.8, 4) is 0 Å². The highest BCUT2D eigenvalue weighted by atomic mass is 35.5. The monoisotopic (exact) mass is 597 g/mol. The summed E-state index contributed by atoms with van der Waals surface area (Å²) >= 11 is 6.08. The third-order valence-electron chi connectivity index (χ3n) is 6.85. The summed E-state index contributed by atoms with van der Waals surface area (Å²) < 4.78 is 29.2. The summed E-state index contributed by atoms with van der Waals surface area (Å²) in [5.74, 6) is -0.526. The largest absolute Gasteiger partial charge is 0.354 e. The third kappa shape index (κ3) is 8.33. The lowest BCUT2D eigenvalue weighted by Crippen LogP contribution is -2.52. The topological polar surface area (TPSA) is 86.8 Å². The molecule has 1 N–H and O–H groups in total. The van der Waals surface area contributed by atoms with Gasteiger partial charge in [-0.1, -0.05) is 79.9 Å². The summed E-state index contributed by atoms with van der Waals surface area (Å²) in [6.45, 7) is 11.6. The van der Waals surface area contributed by atoms with E-state index in [0.717, 1.165) is 26.6 Å². The minimum Gasteiger partial charge on any atom is -0.354 e. The van der Waals surface area contributed by atoms with Gasteiger partial charge in [-0.25, -0.2) is 8.42 Å². The highest BCUT2D eigenvalue weighted by Crippen LogP contribution is 2.28. The van der Waals surface area contributed by atoms with Crippen molar-refractivity contribution < 1.29 is 18.0 Å². The summed E-state index contributed by atoms with van der Waals surface area (Å²) in [4.78, 5) is 29.0. The number of benzene rings is 3. The summed E-state index contributed by atoms with van der Waals surface area (Å²) in [7, 11) is -4.12. The van der Waals surface area contributed by atoms with E-state index in [2.05, 4.69) is 5.32 Å². The molecule has 0 aliphatic carbocycles. The lowest BCUT2D eigenvalue weighted by Gasteiger charge is -2.33. The molecule has 0 bridgehead atoms. The first-order valence-corrected chi connectivity index (χ1v) is 15.6. The van der Waals surface area contributed by atoms with Crippen LogP contribution in [0.2, 0.25) is 5.02 Å². The van der Waals surface area contributed by atoms with Crippen LogP contribution in [0.1, 0.15) is 49.4 Å². The Labute approximate surface area is 249 Å². The molecule has 0 unspecified atom stereocenters. The van der Waals surface area contributed by atoms with E-state index in [1.807, 2.05) is 53.7 Å². The standard InChI is InChI=1S/C32H40ClN3O4S/c1-7-29(32(38)34-19-22(2)3)35(20-26-11-13-27(33)14-12-26)31(37)21-36(30-17-10-24(5)18-25(30)6)41(39,40)28-15-8-23(4)9-16-28/h8-18,22,29H,7,19-21H2,1-6H3,(H,34,38)/t29-/m0/s1. The van der Waals surface area contributed by atoms with Crippen LogP contribution in [0.25, 0.3) is 0 Å². The summed E-state index contributed by atoms with van der Waals surface area (Å²) in [5.41, 5.74) is 3.80. The highest BCUT2D eigenvalue weighted by Gasteiger charge is 2.34. The highest BCUT2D eigenvalue weighted by molar-refractivity contribution is 7.92. The Hall–Kier alpha value is -3.36. The molecule has 0 aromatic heterocycles. The number of nitrogens with one attached hydrogen (secondary N) is 1. The van der Waals surface area contributed by atoms with E-state index in [-0.39, 0.29) is 23.3 Å². The van der Waals surface area contributed by atoms with Crippen LogP contribution in [0.5, 0.6) is 0 Å². The number of halogens is 1. The predicted octanol–water partition coefficient (Wildman–Crippen LogP) is 6.04. The molecular weight excluding hydrogens is 558 g/mol. The lowest BCUT2D eigenvalue weighted by atomic mass is 10.1. The normalized spacial score (nSPS) is 12.2. The molecule has 3 aromatic carbocycles. The molecule has 0 saturated carbocycles. The molecule has 2 amide bonds. The SMILES string of the molecule is CC[C@@H](C(=O)NCC(C)C)N(Cc1ccc(Cl)cc1)C(=O)CN(c1ccc(C)cc1C)S(=O)(=O)c1ccc(C)cc1. The van der Waals surface area contributed by atoms with Crippen LogP contribution in [0.3, 0.4) is 0 Å². The summed E-state index contributed by atoms with van der Waals surface area (Å²) in [5, 5.41) is 3.49. The van der Waals surface area contributed by atoms with E-state index in [1.165, 1.54) is 4.90 Å². The average Bonchev–Trinajstić information content (AvgIpc) is 2.92. The fourth-order valence-electron chi connectivity index (χ4n) is 4.56. The number of hydrogen-bond donors (Lipinski definition) is 1. The minimum atomic E-state index is -4.12. The molecule has 0 heterocycles. The van der Waals surface area contributed by atoms with Crippen LogP contribution in [-0.4, -0.2) is 44.3 Å². The van der Waals surface area contributed by atoms with Crippen molar-refractivity contribution in [1.82, 2.24) is 10.2 Å². The quantitative estimate of drug-likeness (QED) is 0.276. The molecule has 9 heteroatoms. The zero-order valence-corrected chi connectivity index (χ0v) is 26.2. The van der Waals surface area contributed by atoms with Gasteiger partial charge in [0.2, 0.25) is 11.8 Å². The van der Waals surface area contributed by atoms with Crippen LogP contribution in [-0.2, 0) is 26.2 Å². The molecule has 3 rings (SSSR count). The van der Waals surface area contributed by atoms with E-state index < -0.39 is 28.5 Å². The first kappa shape index (κ1) is 32.2. The number of nitrogens with zero attached hydrogens (tertiary/aromatic N) is 2. The number of anilines is 1. The van der Waals surface area contributed by atoms with Gasteiger partial charge < -0.3 is 10.2 Å². The van der Waals surface area contributed by atoms with Crippen molar-refractivity contribution in [3.05, 3.63) is 94.0 Å². The first-order valence-electron chi connectivity index (χ1n) is 13.8. The van der Waals surface area contributed by atoms with E-state index in [9.17, 15) is 18.0 Å². The van der Waals surface area contributed by atoms with Gasteiger partial charge in [0.1, 0.15) is 12.6 Å². The number of amides is 2. The van der Waals surface area contributed by atoms with Crippen molar-refractivity contribution in [3.63, 3.8) is 0 Å². The van der Waals surface area contributed by atoms with Gasteiger partial charge in [0, 0.05) is 18.1 Å². The van der Waals surface area contributed by atoms with Gasteiger partial charge in [0.25, 0.3) is 10.0 Å². The van der Waals surface area contributed by atoms with Crippen LogP contribution in [0.15, 0.2) is 71.6 Å². The van der Waals surface area contributed by atoms with Gasteiger partial charge in [-0.3, -0.25) is 13.9 Å². The van der Waals surface area contributed by atoms with Gasteiger partial charge in [-0.15, -0.1) is 0 Å². The number of carbonyl (C=O) groups is 2.